The SMILES string of the molecule is Clc1nncn1C1CC1c1ccccc1. The first-order valence-electron chi connectivity index (χ1n) is 4.96. The fourth-order valence-electron chi connectivity index (χ4n) is 2.00. The fourth-order valence-corrected chi connectivity index (χ4v) is 2.21. The van der Waals surface area contributed by atoms with E-state index in [4.69, 9.17) is 11.6 Å². The fraction of sp³-hybridized carbons (Fsp3) is 0.273. The monoisotopic (exact) mass is 219 g/mol. The number of nitrogens with zero attached hydrogens (tertiary/aromatic N) is 3. The van der Waals surface area contributed by atoms with E-state index in [0.29, 0.717) is 17.2 Å². The highest BCUT2D eigenvalue weighted by atomic mass is 35.5. The molecule has 1 aromatic heterocycles. The van der Waals surface area contributed by atoms with Crippen LogP contribution in [0, 0.1) is 0 Å². The number of benzene rings is 1. The molecular formula is C11H10ClN3. The van der Waals surface area contributed by atoms with Crippen molar-refractivity contribution in [2.24, 2.45) is 0 Å². The Morgan fingerprint density at radius 3 is 2.73 bits per heavy atom. The summed E-state index contributed by atoms with van der Waals surface area (Å²) >= 11 is 5.92. The van der Waals surface area contributed by atoms with Gasteiger partial charge in [-0.1, -0.05) is 30.3 Å². The van der Waals surface area contributed by atoms with Gasteiger partial charge in [0.1, 0.15) is 6.33 Å². The summed E-state index contributed by atoms with van der Waals surface area (Å²) in [6.07, 6.45) is 2.83. The first-order chi connectivity index (χ1) is 7.36. The predicted octanol–water partition coefficient (Wildman–Crippen LogP) is 2.66. The molecule has 2 aromatic rings. The van der Waals surface area contributed by atoms with Crippen LogP contribution >= 0.6 is 11.6 Å². The van der Waals surface area contributed by atoms with Gasteiger partial charge < -0.3 is 4.57 Å². The lowest BCUT2D eigenvalue weighted by Crippen LogP contribution is -1.94. The number of hydrogen-bond acceptors (Lipinski definition) is 2. The Hall–Kier alpha value is -1.35. The minimum Gasteiger partial charge on any atom is -0.301 e. The molecule has 0 amide bonds. The highest BCUT2D eigenvalue weighted by Crippen LogP contribution is 2.51. The lowest BCUT2D eigenvalue weighted by molar-refractivity contribution is 0.714. The minimum atomic E-state index is 0.440. The van der Waals surface area contributed by atoms with E-state index in [9.17, 15) is 0 Å². The molecule has 1 saturated carbocycles. The molecule has 1 aromatic carbocycles. The maximum Gasteiger partial charge on any atom is 0.225 e. The van der Waals surface area contributed by atoms with E-state index in [2.05, 4.69) is 34.5 Å². The Morgan fingerprint density at radius 2 is 2.07 bits per heavy atom. The smallest absolute Gasteiger partial charge is 0.225 e. The van der Waals surface area contributed by atoms with Crippen molar-refractivity contribution in [3.05, 3.63) is 47.5 Å². The molecule has 1 aliphatic carbocycles. The van der Waals surface area contributed by atoms with Crippen LogP contribution in [0.2, 0.25) is 5.28 Å². The van der Waals surface area contributed by atoms with Crippen molar-refractivity contribution in [2.75, 3.05) is 0 Å². The molecule has 0 spiro atoms. The van der Waals surface area contributed by atoms with Gasteiger partial charge in [0.2, 0.25) is 5.28 Å². The summed E-state index contributed by atoms with van der Waals surface area (Å²) in [4.78, 5) is 0. The van der Waals surface area contributed by atoms with Crippen molar-refractivity contribution in [3.63, 3.8) is 0 Å². The number of halogens is 1. The van der Waals surface area contributed by atoms with E-state index in [0.717, 1.165) is 6.42 Å². The third-order valence-corrected chi connectivity index (χ3v) is 3.14. The molecule has 0 aliphatic heterocycles. The summed E-state index contributed by atoms with van der Waals surface area (Å²) in [5.41, 5.74) is 1.37. The van der Waals surface area contributed by atoms with Crippen LogP contribution in [0.1, 0.15) is 23.9 Å². The molecule has 2 unspecified atom stereocenters. The van der Waals surface area contributed by atoms with Gasteiger partial charge in [-0.05, 0) is 23.6 Å². The van der Waals surface area contributed by atoms with Crippen molar-refractivity contribution in [1.29, 1.82) is 0 Å². The van der Waals surface area contributed by atoms with Crippen LogP contribution in [-0.4, -0.2) is 14.8 Å². The van der Waals surface area contributed by atoms with Crippen molar-refractivity contribution < 1.29 is 0 Å². The second-order valence-electron chi connectivity index (χ2n) is 3.83. The molecule has 0 N–H and O–H groups in total. The number of aromatic nitrogens is 3. The van der Waals surface area contributed by atoms with E-state index in [1.165, 1.54) is 5.56 Å². The van der Waals surface area contributed by atoms with Crippen LogP contribution in [0.25, 0.3) is 0 Å². The molecule has 0 bridgehead atoms. The molecule has 15 heavy (non-hydrogen) atoms. The van der Waals surface area contributed by atoms with E-state index in [1.54, 1.807) is 6.33 Å². The summed E-state index contributed by atoms with van der Waals surface area (Å²) in [5, 5.41) is 8.06. The van der Waals surface area contributed by atoms with E-state index < -0.39 is 0 Å². The van der Waals surface area contributed by atoms with Gasteiger partial charge in [-0.25, -0.2) is 0 Å². The lowest BCUT2D eigenvalue weighted by atomic mass is 10.1. The van der Waals surface area contributed by atoms with Crippen molar-refractivity contribution >= 4 is 11.6 Å². The first kappa shape index (κ1) is 8.92. The van der Waals surface area contributed by atoms with Gasteiger partial charge in [0, 0.05) is 12.0 Å². The van der Waals surface area contributed by atoms with Crippen LogP contribution in [0.3, 0.4) is 0 Å². The zero-order valence-electron chi connectivity index (χ0n) is 8.05. The van der Waals surface area contributed by atoms with E-state index >= 15 is 0 Å². The Morgan fingerprint density at radius 1 is 1.27 bits per heavy atom. The minimum absolute atomic E-state index is 0.440. The maximum atomic E-state index is 5.92. The van der Waals surface area contributed by atoms with Crippen molar-refractivity contribution in [1.82, 2.24) is 14.8 Å². The van der Waals surface area contributed by atoms with Crippen molar-refractivity contribution in [3.8, 4) is 0 Å². The van der Waals surface area contributed by atoms with Gasteiger partial charge in [-0.3, -0.25) is 0 Å². The van der Waals surface area contributed by atoms with Gasteiger partial charge in [0.05, 0.1) is 0 Å². The first-order valence-corrected chi connectivity index (χ1v) is 5.34. The molecule has 0 saturated heterocycles. The quantitative estimate of drug-likeness (QED) is 0.778. The summed E-state index contributed by atoms with van der Waals surface area (Å²) in [6, 6.07) is 10.9. The highest BCUT2D eigenvalue weighted by molar-refractivity contribution is 6.28. The maximum absolute atomic E-state index is 5.92. The summed E-state index contributed by atoms with van der Waals surface area (Å²) < 4.78 is 1.94. The molecule has 1 fully saturated rings. The Bertz CT molecular complexity index is 466. The van der Waals surface area contributed by atoms with E-state index in [1.807, 2.05) is 10.6 Å². The average molecular weight is 220 g/mol. The lowest BCUT2D eigenvalue weighted by Gasteiger charge is -2.01. The third kappa shape index (κ3) is 1.53. The topological polar surface area (TPSA) is 30.7 Å². The molecule has 3 rings (SSSR count). The van der Waals surface area contributed by atoms with Crippen LogP contribution in [0.4, 0.5) is 0 Å². The van der Waals surface area contributed by atoms with Crippen LogP contribution < -0.4 is 0 Å². The second-order valence-corrected chi connectivity index (χ2v) is 4.17. The van der Waals surface area contributed by atoms with Crippen molar-refractivity contribution in [2.45, 2.75) is 18.4 Å². The Kier molecular flexibility index (Phi) is 1.99. The standard InChI is InChI=1S/C11H10ClN3/c12-11-14-13-7-15(11)10-6-9(10)8-4-2-1-3-5-8/h1-5,7,9-10H,6H2. The number of rotatable bonds is 2. The third-order valence-electron chi connectivity index (χ3n) is 2.87. The Labute approximate surface area is 92.7 Å². The van der Waals surface area contributed by atoms with Gasteiger partial charge in [-0.2, -0.15) is 0 Å². The van der Waals surface area contributed by atoms with Gasteiger partial charge in [-0.15, -0.1) is 10.2 Å². The molecule has 3 nitrogen and oxygen atoms in total. The zero-order chi connectivity index (χ0) is 10.3. The summed E-state index contributed by atoms with van der Waals surface area (Å²) in [5.74, 6) is 0.569. The Balaban J connectivity index is 1.83. The summed E-state index contributed by atoms with van der Waals surface area (Å²) in [7, 11) is 0. The average Bonchev–Trinajstić information content (AvgIpc) is 2.96. The second kappa shape index (κ2) is 3.35. The van der Waals surface area contributed by atoms with Crippen LogP contribution in [0.15, 0.2) is 36.7 Å². The molecule has 1 heterocycles. The van der Waals surface area contributed by atoms with E-state index in [-0.39, 0.29) is 0 Å². The normalized spacial score (nSPS) is 24.1. The van der Waals surface area contributed by atoms with Gasteiger partial charge in [0.15, 0.2) is 0 Å². The van der Waals surface area contributed by atoms with Gasteiger partial charge >= 0.3 is 0 Å². The summed E-state index contributed by atoms with van der Waals surface area (Å²) in [6.45, 7) is 0. The molecule has 4 heteroatoms. The molecule has 0 radical (unpaired) electrons. The van der Waals surface area contributed by atoms with Crippen LogP contribution in [-0.2, 0) is 0 Å². The largest absolute Gasteiger partial charge is 0.301 e. The zero-order valence-corrected chi connectivity index (χ0v) is 8.80. The predicted molar refractivity (Wildman–Crippen MR) is 57.9 cm³/mol. The van der Waals surface area contributed by atoms with Crippen LogP contribution in [0.5, 0.6) is 0 Å². The van der Waals surface area contributed by atoms with Gasteiger partial charge in [0.25, 0.3) is 0 Å². The molecule has 1 aliphatic rings. The molecule has 2 atom stereocenters. The highest BCUT2D eigenvalue weighted by Gasteiger charge is 2.40. The molecule has 76 valence electrons. The number of hydrogen-bond donors (Lipinski definition) is 0. The molecular weight excluding hydrogens is 210 g/mol.